The van der Waals surface area contributed by atoms with E-state index in [0.29, 0.717) is 6.42 Å². The molecule has 1 aliphatic rings. The minimum atomic E-state index is -1.24. The van der Waals surface area contributed by atoms with E-state index in [1.165, 1.54) is 18.4 Å². The largest absolute Gasteiger partial charge is 0.465 e. The number of imide groups is 1. The molecule has 1 aliphatic heterocycles. The molecular weight excluding hydrogens is 446 g/mol. The number of hydrogen-bond donors (Lipinski definition) is 3. The van der Waals surface area contributed by atoms with Crippen molar-refractivity contribution in [3.8, 4) is 0 Å². The van der Waals surface area contributed by atoms with Crippen molar-refractivity contribution in [1.29, 1.82) is 0 Å². The molecule has 0 spiro atoms. The molecule has 9 nitrogen and oxygen atoms in total. The van der Waals surface area contributed by atoms with E-state index in [1.54, 1.807) is 12.1 Å². The second-order valence-corrected chi connectivity index (χ2v) is 9.24. The number of hydrogen-bond acceptors (Lipinski definition) is 5. The van der Waals surface area contributed by atoms with Crippen molar-refractivity contribution in [1.82, 2.24) is 15.5 Å². The monoisotopic (exact) mass is 471 g/mol. The van der Waals surface area contributed by atoms with Gasteiger partial charge in [0.15, 0.2) is 0 Å². The third kappa shape index (κ3) is 6.04. The maximum atomic E-state index is 13.1. The van der Waals surface area contributed by atoms with Crippen LogP contribution in [0.2, 0.25) is 0 Å². The molecule has 174 valence electrons. The Morgan fingerprint density at radius 2 is 1.58 bits per heavy atom. The van der Waals surface area contributed by atoms with E-state index in [9.17, 15) is 23.4 Å². The van der Waals surface area contributed by atoms with Gasteiger partial charge in [-0.25, -0.2) is 4.79 Å². The van der Waals surface area contributed by atoms with Gasteiger partial charge in [0.1, 0.15) is 6.04 Å². The maximum absolute atomic E-state index is 13.1. The second-order valence-electron chi connectivity index (χ2n) is 7.69. The van der Waals surface area contributed by atoms with Crippen molar-refractivity contribution in [3.05, 3.63) is 71.3 Å². The Labute approximate surface area is 193 Å². The number of nitrogens with zero attached hydrogens (tertiary/aromatic N) is 1. The summed E-state index contributed by atoms with van der Waals surface area (Å²) < 4.78 is 11.7. The van der Waals surface area contributed by atoms with Crippen molar-refractivity contribution in [2.45, 2.75) is 24.9 Å². The third-order valence-corrected chi connectivity index (χ3v) is 6.10. The number of fused-ring (bicyclic) bond motifs is 1. The van der Waals surface area contributed by atoms with Gasteiger partial charge >= 0.3 is 6.09 Å². The van der Waals surface area contributed by atoms with Crippen LogP contribution in [0.3, 0.4) is 0 Å². The van der Waals surface area contributed by atoms with Crippen LogP contribution in [0.15, 0.2) is 54.6 Å². The van der Waals surface area contributed by atoms with Crippen LogP contribution in [0.5, 0.6) is 0 Å². The normalized spacial score (nSPS) is 15.5. The summed E-state index contributed by atoms with van der Waals surface area (Å²) in [5.41, 5.74) is 1.31. The van der Waals surface area contributed by atoms with E-state index < -0.39 is 46.7 Å². The fourth-order valence-corrected chi connectivity index (χ4v) is 4.29. The minimum Gasteiger partial charge on any atom is -0.465 e. The van der Waals surface area contributed by atoms with E-state index >= 15 is 0 Å². The molecule has 0 bridgehead atoms. The molecule has 0 aromatic heterocycles. The standard InChI is InChI=1S/C23H25N3O6S/c1-33(32)12-11-19(26-21(28)17-9-5-6-10-18(17)22(26)29)20(27)24-14-16(25-23(30)31)13-15-7-3-2-4-8-15/h2-10,16,19,25H,11-14H2,1H3,(H,24,27)(H,30,31)/t16-,19+,33?/m0/s1. The van der Waals surface area contributed by atoms with Crippen LogP contribution in [0.25, 0.3) is 0 Å². The lowest BCUT2D eigenvalue weighted by atomic mass is 10.1. The predicted molar refractivity (Wildman–Crippen MR) is 122 cm³/mol. The zero-order valence-corrected chi connectivity index (χ0v) is 18.8. The van der Waals surface area contributed by atoms with Gasteiger partial charge in [-0.3, -0.25) is 23.5 Å². The number of amides is 4. The molecule has 1 unspecified atom stereocenters. The van der Waals surface area contributed by atoms with Crippen molar-refractivity contribution in [3.63, 3.8) is 0 Å². The van der Waals surface area contributed by atoms with Gasteiger partial charge in [-0.2, -0.15) is 0 Å². The Kier molecular flexibility index (Phi) is 7.94. The van der Waals surface area contributed by atoms with Gasteiger partial charge < -0.3 is 15.7 Å². The molecule has 0 fully saturated rings. The number of carboxylic acid groups (broad SMARTS) is 1. The molecule has 0 saturated heterocycles. The summed E-state index contributed by atoms with van der Waals surface area (Å²) in [6, 6.07) is 13.7. The first-order chi connectivity index (χ1) is 15.8. The number of carbonyl (C=O) groups excluding carboxylic acids is 3. The van der Waals surface area contributed by atoms with Gasteiger partial charge in [-0.05, 0) is 30.5 Å². The summed E-state index contributed by atoms with van der Waals surface area (Å²) >= 11 is 0. The molecule has 3 N–H and O–H groups in total. The number of benzene rings is 2. The van der Waals surface area contributed by atoms with Crippen molar-refractivity contribution in [2.24, 2.45) is 0 Å². The van der Waals surface area contributed by atoms with Crippen molar-refractivity contribution < 1.29 is 28.5 Å². The SMILES string of the molecule is CS(=O)CC[C@H](C(=O)NC[C@H](Cc1ccccc1)NC(=O)O)N1C(=O)c2ccccc2C1=O. The fraction of sp³-hybridized carbons (Fsp3) is 0.304. The predicted octanol–water partition coefficient (Wildman–Crippen LogP) is 1.41. The van der Waals surface area contributed by atoms with Gasteiger partial charge in [0.05, 0.1) is 17.2 Å². The molecule has 33 heavy (non-hydrogen) atoms. The van der Waals surface area contributed by atoms with Gasteiger partial charge in [0.2, 0.25) is 5.91 Å². The van der Waals surface area contributed by atoms with Crippen LogP contribution in [-0.4, -0.2) is 68.7 Å². The van der Waals surface area contributed by atoms with Gasteiger partial charge in [0, 0.05) is 29.4 Å². The maximum Gasteiger partial charge on any atom is 0.404 e. The van der Waals surface area contributed by atoms with Gasteiger partial charge in [0.25, 0.3) is 11.8 Å². The van der Waals surface area contributed by atoms with Crippen LogP contribution in [0.4, 0.5) is 4.79 Å². The topological polar surface area (TPSA) is 133 Å². The quantitative estimate of drug-likeness (QED) is 0.449. The molecule has 1 heterocycles. The number of carbonyl (C=O) groups is 4. The Balaban J connectivity index is 1.76. The minimum absolute atomic E-state index is 0.0239. The Morgan fingerprint density at radius 3 is 2.12 bits per heavy atom. The lowest BCUT2D eigenvalue weighted by Crippen LogP contribution is -2.53. The highest BCUT2D eigenvalue weighted by molar-refractivity contribution is 7.84. The second kappa shape index (κ2) is 10.9. The van der Waals surface area contributed by atoms with Crippen LogP contribution >= 0.6 is 0 Å². The fourth-order valence-electron chi connectivity index (χ4n) is 3.74. The van der Waals surface area contributed by atoms with Crippen molar-refractivity contribution >= 4 is 34.6 Å². The highest BCUT2D eigenvalue weighted by Gasteiger charge is 2.42. The summed E-state index contributed by atoms with van der Waals surface area (Å²) in [5, 5.41) is 14.2. The van der Waals surface area contributed by atoms with E-state index in [0.717, 1.165) is 10.5 Å². The molecule has 0 saturated carbocycles. The first-order valence-corrected chi connectivity index (χ1v) is 12.1. The van der Waals surface area contributed by atoms with Crippen molar-refractivity contribution in [2.75, 3.05) is 18.6 Å². The molecule has 3 rings (SSSR count). The van der Waals surface area contributed by atoms with Gasteiger partial charge in [-0.1, -0.05) is 42.5 Å². The third-order valence-electron chi connectivity index (χ3n) is 5.29. The molecule has 4 amide bonds. The zero-order valence-electron chi connectivity index (χ0n) is 18.0. The summed E-state index contributed by atoms with van der Waals surface area (Å²) in [4.78, 5) is 51.0. The Morgan fingerprint density at radius 1 is 1.00 bits per heavy atom. The van der Waals surface area contributed by atoms with E-state index in [4.69, 9.17) is 5.11 Å². The molecule has 0 radical (unpaired) electrons. The first-order valence-electron chi connectivity index (χ1n) is 10.4. The van der Waals surface area contributed by atoms with Crippen LogP contribution in [-0.2, 0) is 22.0 Å². The number of rotatable bonds is 10. The van der Waals surface area contributed by atoms with Crippen LogP contribution in [0, 0.1) is 0 Å². The van der Waals surface area contributed by atoms with E-state index in [2.05, 4.69) is 10.6 Å². The molecule has 3 atom stereocenters. The smallest absolute Gasteiger partial charge is 0.404 e. The Bertz CT molecular complexity index is 1040. The number of nitrogens with one attached hydrogen (secondary N) is 2. The first kappa shape index (κ1) is 24.1. The van der Waals surface area contributed by atoms with E-state index in [-0.39, 0.29) is 29.8 Å². The summed E-state index contributed by atoms with van der Waals surface area (Å²) in [6.07, 6.45) is 0.605. The molecule has 10 heteroatoms. The summed E-state index contributed by atoms with van der Waals surface area (Å²) in [7, 11) is -1.24. The highest BCUT2D eigenvalue weighted by atomic mass is 32.2. The molecular formula is C23H25N3O6S. The molecule has 0 aliphatic carbocycles. The average molecular weight is 472 g/mol. The van der Waals surface area contributed by atoms with E-state index in [1.807, 2.05) is 30.3 Å². The zero-order chi connectivity index (χ0) is 24.0. The van der Waals surface area contributed by atoms with Gasteiger partial charge in [-0.15, -0.1) is 0 Å². The highest BCUT2D eigenvalue weighted by Crippen LogP contribution is 2.25. The Hall–Kier alpha value is -3.53. The average Bonchev–Trinajstić information content (AvgIpc) is 3.03. The molecule has 2 aromatic rings. The molecule has 2 aromatic carbocycles. The lowest BCUT2D eigenvalue weighted by Gasteiger charge is -2.26. The summed E-state index contributed by atoms with van der Waals surface area (Å²) in [6.45, 7) is -0.0467. The van der Waals surface area contributed by atoms with Crippen LogP contribution < -0.4 is 10.6 Å². The van der Waals surface area contributed by atoms with Crippen LogP contribution in [0.1, 0.15) is 32.7 Å². The lowest BCUT2D eigenvalue weighted by molar-refractivity contribution is -0.125. The summed E-state index contributed by atoms with van der Waals surface area (Å²) in [5.74, 6) is -1.66.